The number of alkyl halides is 3. The van der Waals surface area contributed by atoms with Gasteiger partial charge in [0.05, 0.1) is 4.90 Å². The maximum atomic E-state index is 13.5. The van der Waals surface area contributed by atoms with Gasteiger partial charge in [0.15, 0.2) is 5.60 Å². The van der Waals surface area contributed by atoms with Crippen molar-refractivity contribution in [3.63, 3.8) is 0 Å². The summed E-state index contributed by atoms with van der Waals surface area (Å²) in [6.07, 6.45) is 1.76. The fraction of sp³-hybridized carbons (Fsp3) is 0.538. The van der Waals surface area contributed by atoms with E-state index in [4.69, 9.17) is 0 Å². The molecule has 10 heteroatoms. The monoisotopic (exact) mass is 542 g/mol. The van der Waals surface area contributed by atoms with Crippen LogP contribution in [-0.4, -0.2) is 49.7 Å². The van der Waals surface area contributed by atoms with Crippen molar-refractivity contribution in [2.45, 2.75) is 73.1 Å². The third kappa shape index (κ3) is 5.56. The first-order chi connectivity index (χ1) is 16.9. The number of nitrogens with zero attached hydrogens (tertiary/aromatic N) is 2. The first-order valence-corrected chi connectivity index (χ1v) is 14.2. The smallest absolute Gasteiger partial charge is 0.376 e. The Morgan fingerprint density at radius 2 is 1.64 bits per heavy atom. The van der Waals surface area contributed by atoms with Crippen LogP contribution in [0.5, 0.6) is 0 Å². The molecule has 2 aliphatic rings. The van der Waals surface area contributed by atoms with E-state index in [0.29, 0.717) is 23.9 Å². The van der Waals surface area contributed by atoms with E-state index in [2.05, 4.69) is 17.5 Å². The van der Waals surface area contributed by atoms with Crippen LogP contribution in [0.4, 0.5) is 18.9 Å². The number of thiol groups is 1. The number of hydrogen-bond acceptors (Lipinski definition) is 5. The van der Waals surface area contributed by atoms with Crippen molar-refractivity contribution in [2.24, 2.45) is 5.92 Å². The van der Waals surface area contributed by atoms with Gasteiger partial charge in [-0.15, -0.1) is 12.6 Å². The number of anilines is 1. The van der Waals surface area contributed by atoms with Gasteiger partial charge in [-0.2, -0.15) is 17.5 Å². The SMILES string of the molecule is C[C@](O)(c1ccc(N2CCN(S(=O)(=O)c3ccccc3S)C[C@@H]2CC2CCCCC2)cc1)C(F)(F)F. The van der Waals surface area contributed by atoms with Gasteiger partial charge in [-0.3, -0.25) is 0 Å². The highest BCUT2D eigenvalue weighted by Crippen LogP contribution is 2.40. The van der Waals surface area contributed by atoms with Gasteiger partial charge in [0.25, 0.3) is 0 Å². The number of halogens is 3. The van der Waals surface area contributed by atoms with Crippen molar-refractivity contribution in [1.29, 1.82) is 0 Å². The molecule has 1 aliphatic carbocycles. The molecule has 36 heavy (non-hydrogen) atoms. The highest BCUT2D eigenvalue weighted by Gasteiger charge is 2.51. The van der Waals surface area contributed by atoms with Crippen molar-refractivity contribution >= 4 is 28.3 Å². The van der Waals surface area contributed by atoms with E-state index in [-0.39, 0.29) is 23.0 Å². The van der Waals surface area contributed by atoms with Gasteiger partial charge in [0, 0.05) is 36.3 Å². The van der Waals surface area contributed by atoms with E-state index >= 15 is 0 Å². The second-order valence-electron chi connectivity index (χ2n) is 10.0. The van der Waals surface area contributed by atoms with Crippen molar-refractivity contribution in [2.75, 3.05) is 24.5 Å². The van der Waals surface area contributed by atoms with Crippen molar-refractivity contribution < 1.29 is 26.7 Å². The fourth-order valence-electron chi connectivity index (χ4n) is 5.35. The Bertz CT molecular complexity index is 1150. The Labute approximate surface area is 216 Å². The Balaban J connectivity index is 1.60. The van der Waals surface area contributed by atoms with Crippen LogP contribution in [0.15, 0.2) is 58.3 Å². The van der Waals surface area contributed by atoms with Crippen LogP contribution in [0, 0.1) is 5.92 Å². The van der Waals surface area contributed by atoms with Gasteiger partial charge in [0.2, 0.25) is 10.0 Å². The minimum Gasteiger partial charge on any atom is -0.376 e. The molecule has 0 bridgehead atoms. The van der Waals surface area contributed by atoms with Crippen LogP contribution in [0.2, 0.25) is 0 Å². The molecule has 2 atom stereocenters. The Morgan fingerprint density at radius 3 is 2.25 bits per heavy atom. The summed E-state index contributed by atoms with van der Waals surface area (Å²) in [5.41, 5.74) is -2.45. The Hall–Kier alpha value is -1.75. The van der Waals surface area contributed by atoms with Crippen molar-refractivity contribution in [3.8, 4) is 0 Å². The lowest BCUT2D eigenvalue weighted by molar-refractivity contribution is -0.258. The molecule has 0 radical (unpaired) electrons. The van der Waals surface area contributed by atoms with Crippen LogP contribution in [0.3, 0.4) is 0 Å². The zero-order valence-electron chi connectivity index (χ0n) is 20.3. The lowest BCUT2D eigenvalue weighted by atomic mass is 9.84. The number of rotatable bonds is 6. The minimum atomic E-state index is -4.79. The molecule has 0 spiro atoms. The molecule has 1 aliphatic heterocycles. The molecule has 0 unspecified atom stereocenters. The third-order valence-electron chi connectivity index (χ3n) is 7.57. The molecule has 0 aromatic heterocycles. The van der Waals surface area contributed by atoms with E-state index in [1.807, 2.05) is 0 Å². The normalized spacial score (nSPS) is 22.4. The molecular weight excluding hydrogens is 509 g/mol. The molecule has 198 valence electrons. The van der Waals surface area contributed by atoms with Crippen LogP contribution in [0.1, 0.15) is 51.0 Å². The van der Waals surface area contributed by atoms with E-state index in [9.17, 15) is 26.7 Å². The number of aliphatic hydroxyl groups is 1. The van der Waals surface area contributed by atoms with E-state index in [1.165, 1.54) is 22.9 Å². The van der Waals surface area contributed by atoms with E-state index < -0.39 is 21.8 Å². The van der Waals surface area contributed by atoms with Crippen molar-refractivity contribution in [3.05, 3.63) is 54.1 Å². The van der Waals surface area contributed by atoms with Crippen LogP contribution >= 0.6 is 12.6 Å². The van der Waals surface area contributed by atoms with E-state index in [0.717, 1.165) is 44.7 Å². The summed E-state index contributed by atoms with van der Waals surface area (Å²) in [7, 11) is -3.74. The lowest BCUT2D eigenvalue weighted by Crippen LogP contribution is -2.55. The van der Waals surface area contributed by atoms with Crippen LogP contribution in [0.25, 0.3) is 0 Å². The van der Waals surface area contributed by atoms with Crippen molar-refractivity contribution in [1.82, 2.24) is 4.31 Å². The first-order valence-electron chi connectivity index (χ1n) is 12.4. The average Bonchev–Trinajstić information content (AvgIpc) is 2.84. The summed E-state index contributed by atoms with van der Waals surface area (Å²) >= 11 is 4.35. The molecule has 2 fully saturated rings. The molecule has 2 aromatic carbocycles. The maximum absolute atomic E-state index is 13.5. The molecule has 1 saturated heterocycles. The molecule has 1 saturated carbocycles. The van der Waals surface area contributed by atoms with Crippen LogP contribution < -0.4 is 4.90 Å². The lowest BCUT2D eigenvalue weighted by Gasteiger charge is -2.44. The zero-order chi connectivity index (χ0) is 26.1. The quantitative estimate of drug-likeness (QED) is 0.467. The third-order valence-corrected chi connectivity index (χ3v) is 10.0. The van der Waals surface area contributed by atoms with Gasteiger partial charge < -0.3 is 10.0 Å². The standard InChI is InChI=1S/C26H33F3N2O3S2/c1-25(32,26(27,28)29)20-11-13-21(14-12-20)31-16-15-30(18-22(31)17-19-7-3-2-4-8-19)36(33,34)24-10-6-5-9-23(24)35/h5-6,9-14,19,22,32,35H,2-4,7-8,15-18H2,1H3/t22-,25-/m0/s1. The summed E-state index contributed by atoms with van der Waals surface area (Å²) in [5, 5.41) is 10.0. The van der Waals surface area contributed by atoms with Gasteiger partial charge in [-0.25, -0.2) is 8.42 Å². The summed E-state index contributed by atoms with van der Waals surface area (Å²) in [5.74, 6) is 0.483. The molecule has 1 N–H and O–H groups in total. The largest absolute Gasteiger partial charge is 0.421 e. The van der Waals surface area contributed by atoms with Gasteiger partial charge >= 0.3 is 6.18 Å². The topological polar surface area (TPSA) is 60.9 Å². The summed E-state index contributed by atoms with van der Waals surface area (Å²) in [6.45, 7) is 1.72. The van der Waals surface area contributed by atoms with Gasteiger partial charge in [-0.1, -0.05) is 56.4 Å². The summed E-state index contributed by atoms with van der Waals surface area (Å²) in [6, 6.07) is 12.3. The first kappa shape index (κ1) is 27.3. The Kier molecular flexibility index (Phi) is 8.00. The highest BCUT2D eigenvalue weighted by atomic mass is 32.2. The molecule has 4 rings (SSSR count). The summed E-state index contributed by atoms with van der Waals surface area (Å²) < 4.78 is 68.3. The van der Waals surface area contributed by atoms with Gasteiger partial charge in [-0.05, 0) is 49.1 Å². The zero-order valence-corrected chi connectivity index (χ0v) is 22.0. The molecule has 2 aromatic rings. The molecular formula is C26H33F3N2O3S2. The minimum absolute atomic E-state index is 0.113. The fourth-order valence-corrected chi connectivity index (χ4v) is 7.41. The van der Waals surface area contributed by atoms with E-state index in [1.54, 1.807) is 36.4 Å². The molecule has 0 amide bonds. The second kappa shape index (κ2) is 10.6. The predicted molar refractivity (Wildman–Crippen MR) is 137 cm³/mol. The molecule has 5 nitrogen and oxygen atoms in total. The molecule has 1 heterocycles. The maximum Gasteiger partial charge on any atom is 0.421 e. The summed E-state index contributed by atoms with van der Waals surface area (Å²) in [4.78, 5) is 2.69. The van der Waals surface area contributed by atoms with Gasteiger partial charge in [0.1, 0.15) is 0 Å². The average molecular weight is 543 g/mol. The second-order valence-corrected chi connectivity index (χ2v) is 12.4. The highest BCUT2D eigenvalue weighted by molar-refractivity contribution is 7.90. The number of piperazine rings is 1. The Morgan fingerprint density at radius 1 is 1.00 bits per heavy atom. The number of hydrogen-bond donors (Lipinski definition) is 2. The number of benzene rings is 2. The number of sulfonamides is 1. The van der Waals surface area contributed by atoms with Crippen LogP contribution in [-0.2, 0) is 15.6 Å². The predicted octanol–water partition coefficient (Wildman–Crippen LogP) is 5.60.